The van der Waals surface area contributed by atoms with Crippen molar-refractivity contribution in [2.75, 3.05) is 26.2 Å². The van der Waals surface area contributed by atoms with Crippen molar-refractivity contribution >= 4 is 0 Å². The van der Waals surface area contributed by atoms with Crippen molar-refractivity contribution < 1.29 is 39.4 Å². The average molecular weight is 462 g/mol. The summed E-state index contributed by atoms with van der Waals surface area (Å²) in [5, 5.41) is 0. The van der Waals surface area contributed by atoms with E-state index in [9.17, 15) is 0 Å². The van der Waals surface area contributed by atoms with E-state index in [-0.39, 0.29) is 34.9 Å². The van der Waals surface area contributed by atoms with Gasteiger partial charge in [-0.25, -0.2) is 0 Å². The van der Waals surface area contributed by atoms with Crippen molar-refractivity contribution in [3.05, 3.63) is 0 Å². The van der Waals surface area contributed by atoms with Crippen molar-refractivity contribution in [2.24, 2.45) is 23.7 Å². The molecule has 4 heteroatoms. The predicted octanol–water partition coefficient (Wildman–Crippen LogP) is 1.34. The first-order valence-corrected chi connectivity index (χ1v) is 9.52. The van der Waals surface area contributed by atoms with Gasteiger partial charge in [0.2, 0.25) is 0 Å². The molecule has 0 amide bonds. The molecule has 0 atom stereocenters. The second-order valence-corrected chi connectivity index (χ2v) is 8.97. The Hall–Kier alpha value is 0.610. The summed E-state index contributed by atoms with van der Waals surface area (Å²) < 4.78 is 1.38. The Labute approximate surface area is 170 Å². The summed E-state index contributed by atoms with van der Waals surface area (Å²) in [6.07, 6.45) is 5.53. The quantitative estimate of drug-likeness (QED) is 0.311. The van der Waals surface area contributed by atoms with Gasteiger partial charge >= 0.3 is 0 Å². The third kappa shape index (κ3) is 17.4. The highest BCUT2D eigenvalue weighted by Crippen LogP contribution is 2.21. The average Bonchev–Trinajstić information content (AvgIpc) is 2.36. The number of rotatable bonds is 12. The number of halogens is 1. The van der Waals surface area contributed by atoms with Crippen LogP contribution in [0.15, 0.2) is 0 Å². The van der Waals surface area contributed by atoms with E-state index in [1.165, 1.54) is 56.3 Å². The summed E-state index contributed by atoms with van der Waals surface area (Å²) >= 11 is 0. The molecule has 24 heavy (non-hydrogen) atoms. The maximum Gasteiger partial charge on any atom is 0.0789 e. The summed E-state index contributed by atoms with van der Waals surface area (Å²) in [5.41, 5.74) is 0. The van der Waals surface area contributed by atoms with Gasteiger partial charge in [-0.3, -0.25) is 0 Å². The van der Waals surface area contributed by atoms with Crippen LogP contribution in [-0.4, -0.2) is 41.6 Å². The van der Waals surface area contributed by atoms with E-state index in [0.29, 0.717) is 0 Å². The summed E-state index contributed by atoms with van der Waals surface area (Å²) in [6, 6.07) is 0. The summed E-state index contributed by atoms with van der Waals surface area (Å²) in [6.45, 7) is 24.6. The topological polar surface area (TPSA) is 63.0 Å². The lowest BCUT2D eigenvalue weighted by Crippen LogP contribution is -3.00. The van der Waals surface area contributed by atoms with E-state index in [0.717, 1.165) is 23.7 Å². The summed E-state index contributed by atoms with van der Waals surface area (Å²) in [7, 11) is 0. The first-order valence-electron chi connectivity index (χ1n) is 9.52. The smallest absolute Gasteiger partial charge is 0.0789 e. The van der Waals surface area contributed by atoms with Crippen LogP contribution in [-0.2, 0) is 0 Å². The third-order valence-corrected chi connectivity index (χ3v) is 4.72. The fraction of sp³-hybridized carbons (Fsp3) is 1.00. The molecule has 0 aliphatic rings. The lowest BCUT2D eigenvalue weighted by atomic mass is 10.0. The second kappa shape index (κ2) is 17.0. The van der Waals surface area contributed by atoms with Gasteiger partial charge in [0.05, 0.1) is 26.2 Å². The molecular formula is C20H48INO2. The SMILES string of the molecule is CC(C)CC[N+](CCC(C)C)(CCC(C)C)CCC(C)C.O.O.[I-]. The minimum atomic E-state index is 0. The fourth-order valence-corrected chi connectivity index (χ4v) is 2.80. The van der Waals surface area contributed by atoms with Gasteiger partial charge in [0.15, 0.2) is 0 Å². The molecule has 0 aromatic heterocycles. The Balaban J connectivity index is -0.000000667. The normalized spacial score (nSPS) is 11.5. The maximum absolute atomic E-state index is 2.38. The third-order valence-electron chi connectivity index (χ3n) is 4.72. The Morgan fingerprint density at radius 1 is 0.458 bits per heavy atom. The van der Waals surface area contributed by atoms with Crippen LogP contribution < -0.4 is 24.0 Å². The van der Waals surface area contributed by atoms with E-state index >= 15 is 0 Å². The van der Waals surface area contributed by atoms with Gasteiger partial charge in [0, 0.05) is 0 Å². The Kier molecular flexibility index (Phi) is 22.9. The van der Waals surface area contributed by atoms with Crippen molar-refractivity contribution in [3.63, 3.8) is 0 Å². The number of hydrogen-bond donors (Lipinski definition) is 0. The highest BCUT2D eigenvalue weighted by molar-refractivity contribution is 4.56. The second-order valence-electron chi connectivity index (χ2n) is 8.97. The molecule has 0 rings (SSSR count). The Morgan fingerprint density at radius 2 is 0.625 bits per heavy atom. The van der Waals surface area contributed by atoms with E-state index in [1.807, 2.05) is 0 Å². The van der Waals surface area contributed by atoms with Gasteiger partial charge in [-0.15, -0.1) is 0 Å². The van der Waals surface area contributed by atoms with Gasteiger partial charge in [-0.2, -0.15) is 0 Å². The first-order chi connectivity index (χ1) is 9.67. The number of hydrogen-bond acceptors (Lipinski definition) is 0. The Bertz CT molecular complexity index is 203. The molecule has 0 aliphatic heterocycles. The molecule has 0 saturated carbocycles. The lowest BCUT2D eigenvalue weighted by molar-refractivity contribution is -0.930. The minimum Gasteiger partial charge on any atom is -1.00 e. The molecule has 0 spiro atoms. The molecule has 0 bridgehead atoms. The highest BCUT2D eigenvalue weighted by atomic mass is 127. The molecule has 0 unspecified atom stereocenters. The van der Waals surface area contributed by atoms with Crippen LogP contribution >= 0.6 is 0 Å². The van der Waals surface area contributed by atoms with Crippen LogP contribution in [0.25, 0.3) is 0 Å². The predicted molar refractivity (Wildman–Crippen MR) is 105 cm³/mol. The van der Waals surface area contributed by atoms with Gasteiger partial charge in [-0.1, -0.05) is 55.4 Å². The zero-order valence-corrected chi connectivity index (χ0v) is 19.9. The fourth-order valence-electron chi connectivity index (χ4n) is 2.80. The zero-order chi connectivity index (χ0) is 16.5. The van der Waals surface area contributed by atoms with E-state index in [2.05, 4.69) is 55.4 Å². The van der Waals surface area contributed by atoms with Crippen LogP contribution in [0.1, 0.15) is 81.1 Å². The van der Waals surface area contributed by atoms with Crippen molar-refractivity contribution in [2.45, 2.75) is 81.1 Å². The van der Waals surface area contributed by atoms with Crippen LogP contribution in [0.3, 0.4) is 0 Å². The Morgan fingerprint density at radius 3 is 0.750 bits per heavy atom. The molecule has 4 N–H and O–H groups in total. The molecule has 0 aliphatic carbocycles. The highest BCUT2D eigenvalue weighted by Gasteiger charge is 2.27. The lowest BCUT2D eigenvalue weighted by Gasteiger charge is -2.41. The van der Waals surface area contributed by atoms with Crippen LogP contribution in [0.2, 0.25) is 0 Å². The largest absolute Gasteiger partial charge is 1.00 e. The van der Waals surface area contributed by atoms with Crippen LogP contribution in [0, 0.1) is 23.7 Å². The van der Waals surface area contributed by atoms with Gasteiger partial charge < -0.3 is 39.4 Å². The van der Waals surface area contributed by atoms with Crippen molar-refractivity contribution in [1.82, 2.24) is 0 Å². The number of quaternary nitrogens is 1. The summed E-state index contributed by atoms with van der Waals surface area (Å²) in [5.74, 6) is 3.33. The van der Waals surface area contributed by atoms with Gasteiger partial charge in [-0.05, 0) is 49.4 Å². The number of nitrogens with zero attached hydrogens (tertiary/aromatic N) is 1. The van der Waals surface area contributed by atoms with Crippen molar-refractivity contribution in [3.8, 4) is 0 Å². The van der Waals surface area contributed by atoms with Crippen LogP contribution in [0.5, 0.6) is 0 Å². The molecule has 0 saturated heterocycles. The first kappa shape index (κ1) is 32.3. The van der Waals surface area contributed by atoms with Crippen molar-refractivity contribution in [1.29, 1.82) is 0 Å². The monoisotopic (exact) mass is 461 g/mol. The molecular weight excluding hydrogens is 413 g/mol. The molecule has 0 aromatic rings. The maximum atomic E-state index is 2.38. The molecule has 0 aromatic carbocycles. The molecule has 0 fully saturated rings. The standard InChI is InChI=1S/C20H44N.HI.2H2O/c1-17(2)9-13-21(14-10-18(3)4,15-11-19(5)6)16-12-20(7)8;;;/h17-20H,9-16H2,1-8H3;1H;2*1H2/q+1;;;/p-1. The van der Waals surface area contributed by atoms with E-state index in [4.69, 9.17) is 0 Å². The molecule has 0 radical (unpaired) electrons. The molecule has 3 nitrogen and oxygen atoms in total. The molecule has 152 valence electrons. The minimum absolute atomic E-state index is 0. The summed E-state index contributed by atoms with van der Waals surface area (Å²) in [4.78, 5) is 0. The van der Waals surface area contributed by atoms with E-state index < -0.39 is 0 Å². The van der Waals surface area contributed by atoms with Gasteiger partial charge in [0.1, 0.15) is 0 Å². The zero-order valence-electron chi connectivity index (χ0n) is 17.8. The molecule has 0 heterocycles. The van der Waals surface area contributed by atoms with E-state index in [1.54, 1.807) is 0 Å². The van der Waals surface area contributed by atoms with Gasteiger partial charge in [0.25, 0.3) is 0 Å². The van der Waals surface area contributed by atoms with Crippen LogP contribution in [0.4, 0.5) is 0 Å².